The Balaban J connectivity index is 1.78. The average molecular weight is 365 g/mol. The minimum atomic E-state index is -0.473. The third-order valence-corrected chi connectivity index (χ3v) is 4.00. The summed E-state index contributed by atoms with van der Waals surface area (Å²) >= 11 is 0. The molecule has 27 heavy (non-hydrogen) atoms. The first-order valence-corrected chi connectivity index (χ1v) is 9.19. The van der Waals surface area contributed by atoms with E-state index in [1.54, 1.807) is 6.08 Å². The Labute approximate surface area is 159 Å². The summed E-state index contributed by atoms with van der Waals surface area (Å²) in [5.74, 6) is 1.32. The molecular formula is C22H23NO4. The van der Waals surface area contributed by atoms with E-state index in [9.17, 15) is 4.79 Å². The fourth-order valence-electron chi connectivity index (χ4n) is 2.59. The Bertz CT molecular complexity index is 853. The summed E-state index contributed by atoms with van der Waals surface area (Å²) in [4.78, 5) is 16.6. The minimum Gasteiger partial charge on any atom is -0.494 e. The highest BCUT2D eigenvalue weighted by Crippen LogP contribution is 2.25. The van der Waals surface area contributed by atoms with Gasteiger partial charge in [-0.05, 0) is 49.8 Å². The maximum atomic E-state index is 12.2. The van der Waals surface area contributed by atoms with Crippen molar-refractivity contribution in [1.82, 2.24) is 0 Å². The molecule has 2 aromatic rings. The normalized spacial score (nSPS) is 14.8. The van der Waals surface area contributed by atoms with Gasteiger partial charge in [0.1, 0.15) is 11.5 Å². The molecule has 0 N–H and O–H groups in total. The second-order valence-corrected chi connectivity index (χ2v) is 6.03. The zero-order valence-electron chi connectivity index (χ0n) is 15.6. The van der Waals surface area contributed by atoms with Crippen LogP contribution in [0.25, 0.3) is 6.08 Å². The summed E-state index contributed by atoms with van der Waals surface area (Å²) in [6.07, 6.45) is 3.79. The smallest absolute Gasteiger partial charge is 0.363 e. The molecule has 0 saturated carbocycles. The highest BCUT2D eigenvalue weighted by atomic mass is 16.6. The van der Waals surface area contributed by atoms with Crippen molar-refractivity contribution in [2.45, 2.75) is 26.7 Å². The molecule has 0 fully saturated rings. The molecule has 1 heterocycles. The van der Waals surface area contributed by atoms with Crippen LogP contribution in [0.1, 0.15) is 37.8 Å². The van der Waals surface area contributed by atoms with Crippen LogP contribution in [0.4, 0.5) is 0 Å². The number of benzene rings is 2. The van der Waals surface area contributed by atoms with Crippen molar-refractivity contribution in [3.63, 3.8) is 0 Å². The van der Waals surface area contributed by atoms with E-state index in [-0.39, 0.29) is 5.70 Å². The molecule has 2 aromatic carbocycles. The van der Waals surface area contributed by atoms with Gasteiger partial charge in [-0.3, -0.25) is 0 Å². The van der Waals surface area contributed by atoms with Crippen molar-refractivity contribution in [2.24, 2.45) is 4.99 Å². The predicted octanol–water partition coefficient (Wildman–Crippen LogP) is 4.61. The molecule has 0 radical (unpaired) electrons. The molecule has 0 aliphatic carbocycles. The lowest BCUT2D eigenvalue weighted by atomic mass is 10.1. The second kappa shape index (κ2) is 9.03. The Hall–Kier alpha value is -3.08. The largest absolute Gasteiger partial charge is 0.494 e. The molecule has 0 unspecified atom stereocenters. The Morgan fingerprint density at radius 1 is 1.04 bits per heavy atom. The van der Waals surface area contributed by atoms with Gasteiger partial charge in [0.2, 0.25) is 5.90 Å². The first kappa shape index (κ1) is 18.7. The zero-order valence-corrected chi connectivity index (χ0v) is 15.6. The van der Waals surface area contributed by atoms with E-state index in [0.29, 0.717) is 24.9 Å². The highest BCUT2D eigenvalue weighted by Gasteiger charge is 2.24. The number of hydrogen-bond acceptors (Lipinski definition) is 5. The Kier molecular flexibility index (Phi) is 6.26. The second-order valence-electron chi connectivity index (χ2n) is 6.03. The number of nitrogens with zero attached hydrogens (tertiary/aromatic N) is 1. The van der Waals surface area contributed by atoms with Crippen molar-refractivity contribution in [3.8, 4) is 11.5 Å². The van der Waals surface area contributed by atoms with Gasteiger partial charge in [-0.25, -0.2) is 9.79 Å². The summed E-state index contributed by atoms with van der Waals surface area (Å²) in [6, 6.07) is 14.9. The molecule has 1 aliphatic rings. The fourth-order valence-corrected chi connectivity index (χ4v) is 2.59. The molecule has 0 saturated heterocycles. The first-order valence-electron chi connectivity index (χ1n) is 9.19. The summed E-state index contributed by atoms with van der Waals surface area (Å²) in [5.41, 5.74) is 1.77. The monoisotopic (exact) mass is 365 g/mol. The van der Waals surface area contributed by atoms with Crippen LogP contribution in [0.5, 0.6) is 11.5 Å². The van der Waals surface area contributed by atoms with Gasteiger partial charge in [0.15, 0.2) is 5.70 Å². The van der Waals surface area contributed by atoms with Crippen LogP contribution < -0.4 is 9.47 Å². The van der Waals surface area contributed by atoms with E-state index >= 15 is 0 Å². The number of hydrogen-bond donors (Lipinski definition) is 0. The van der Waals surface area contributed by atoms with Gasteiger partial charge >= 0.3 is 5.97 Å². The molecule has 5 heteroatoms. The van der Waals surface area contributed by atoms with E-state index < -0.39 is 5.97 Å². The summed E-state index contributed by atoms with van der Waals surface area (Å²) < 4.78 is 16.6. The molecule has 140 valence electrons. The van der Waals surface area contributed by atoms with E-state index in [0.717, 1.165) is 29.7 Å². The van der Waals surface area contributed by atoms with Gasteiger partial charge in [0.05, 0.1) is 13.2 Å². The van der Waals surface area contributed by atoms with Gasteiger partial charge < -0.3 is 14.2 Å². The lowest BCUT2D eigenvalue weighted by Crippen LogP contribution is -2.05. The van der Waals surface area contributed by atoms with Gasteiger partial charge in [0, 0.05) is 11.1 Å². The van der Waals surface area contributed by atoms with Crippen LogP contribution in [-0.2, 0) is 9.53 Å². The van der Waals surface area contributed by atoms with Crippen molar-refractivity contribution < 1.29 is 19.0 Å². The fraction of sp³-hybridized carbons (Fsp3) is 0.273. The standard InChI is InChI=1S/C22H23NO4/c1-3-5-14-26-18-12-10-16(11-13-18)21-23-19(22(24)27-21)15-17-8-6-7-9-20(17)25-4-2/h6-13,15H,3-5,14H2,1-2H3/b19-15-. The van der Waals surface area contributed by atoms with Crippen LogP contribution in [0.2, 0.25) is 0 Å². The van der Waals surface area contributed by atoms with Crippen molar-refractivity contribution >= 4 is 17.9 Å². The zero-order chi connectivity index (χ0) is 19.1. The first-order chi connectivity index (χ1) is 13.2. The minimum absolute atomic E-state index is 0.250. The highest BCUT2D eigenvalue weighted by molar-refractivity contribution is 6.13. The van der Waals surface area contributed by atoms with Crippen molar-refractivity contribution in [1.29, 1.82) is 0 Å². The Morgan fingerprint density at radius 2 is 1.81 bits per heavy atom. The topological polar surface area (TPSA) is 57.1 Å². The maximum Gasteiger partial charge on any atom is 0.363 e. The van der Waals surface area contributed by atoms with Gasteiger partial charge in [-0.1, -0.05) is 31.5 Å². The van der Waals surface area contributed by atoms with Crippen LogP contribution in [-0.4, -0.2) is 25.1 Å². The maximum absolute atomic E-state index is 12.2. The molecule has 0 amide bonds. The lowest BCUT2D eigenvalue weighted by Gasteiger charge is -2.06. The van der Waals surface area contributed by atoms with E-state index in [1.165, 1.54) is 0 Å². The predicted molar refractivity (Wildman–Crippen MR) is 105 cm³/mol. The number of para-hydroxylation sites is 1. The van der Waals surface area contributed by atoms with Gasteiger partial charge in [-0.2, -0.15) is 0 Å². The number of unbranched alkanes of at least 4 members (excludes halogenated alkanes) is 1. The molecule has 0 aromatic heterocycles. The van der Waals surface area contributed by atoms with Crippen LogP contribution in [0.3, 0.4) is 0 Å². The molecular weight excluding hydrogens is 342 g/mol. The van der Waals surface area contributed by atoms with Crippen LogP contribution in [0, 0.1) is 0 Å². The molecule has 0 bridgehead atoms. The average Bonchev–Trinajstić information content (AvgIpc) is 3.05. The van der Waals surface area contributed by atoms with Crippen molar-refractivity contribution in [3.05, 3.63) is 65.4 Å². The van der Waals surface area contributed by atoms with Crippen molar-refractivity contribution in [2.75, 3.05) is 13.2 Å². The van der Waals surface area contributed by atoms with E-state index in [2.05, 4.69) is 11.9 Å². The lowest BCUT2D eigenvalue weighted by molar-refractivity contribution is -0.129. The third-order valence-electron chi connectivity index (χ3n) is 4.00. The number of aliphatic imine (C=N–C) groups is 1. The van der Waals surface area contributed by atoms with Crippen LogP contribution >= 0.6 is 0 Å². The number of carbonyl (C=O) groups is 1. The Morgan fingerprint density at radius 3 is 2.56 bits per heavy atom. The quantitative estimate of drug-likeness (QED) is 0.389. The molecule has 0 atom stereocenters. The number of esters is 1. The third kappa shape index (κ3) is 4.76. The summed E-state index contributed by atoms with van der Waals surface area (Å²) in [7, 11) is 0. The molecule has 0 spiro atoms. The number of cyclic esters (lactones) is 1. The number of ether oxygens (including phenoxy) is 3. The van der Waals surface area contributed by atoms with E-state index in [4.69, 9.17) is 14.2 Å². The van der Waals surface area contributed by atoms with Gasteiger partial charge in [-0.15, -0.1) is 0 Å². The number of rotatable bonds is 8. The van der Waals surface area contributed by atoms with E-state index in [1.807, 2.05) is 55.5 Å². The molecule has 1 aliphatic heterocycles. The SMILES string of the molecule is CCCCOc1ccc(C2=N/C(=C\c3ccccc3OCC)C(=O)O2)cc1. The number of carbonyl (C=O) groups excluding carboxylic acids is 1. The van der Waals surface area contributed by atoms with Gasteiger partial charge in [0.25, 0.3) is 0 Å². The molecule has 5 nitrogen and oxygen atoms in total. The summed E-state index contributed by atoms with van der Waals surface area (Å²) in [5, 5.41) is 0. The van der Waals surface area contributed by atoms with Crippen LogP contribution in [0.15, 0.2) is 59.2 Å². The summed E-state index contributed by atoms with van der Waals surface area (Å²) in [6.45, 7) is 5.28. The molecule has 3 rings (SSSR count).